The van der Waals surface area contributed by atoms with E-state index in [0.717, 1.165) is 36.9 Å². The van der Waals surface area contributed by atoms with E-state index in [1.165, 1.54) is 44.6 Å². The Balaban J connectivity index is 1.83. The molecule has 2 rings (SSSR count). The summed E-state index contributed by atoms with van der Waals surface area (Å²) in [4.78, 5) is 8.89. The van der Waals surface area contributed by atoms with Crippen LogP contribution >= 0.6 is 0 Å². The van der Waals surface area contributed by atoms with Gasteiger partial charge in [0, 0.05) is 11.8 Å². The van der Waals surface area contributed by atoms with Gasteiger partial charge >= 0.3 is 0 Å². The van der Waals surface area contributed by atoms with Crippen molar-refractivity contribution in [1.82, 2.24) is 9.97 Å². The normalized spacial score (nSPS) is 10.9. The summed E-state index contributed by atoms with van der Waals surface area (Å²) in [6.07, 6.45) is 15.1. The Kier molecular flexibility index (Phi) is 9.81. The fraction of sp³-hybridized carbons (Fsp3) is 0.565. The van der Waals surface area contributed by atoms with Gasteiger partial charge in [0.2, 0.25) is 0 Å². The molecule has 0 aliphatic heterocycles. The van der Waals surface area contributed by atoms with E-state index in [4.69, 9.17) is 4.74 Å². The van der Waals surface area contributed by atoms with Gasteiger partial charge in [0.05, 0.1) is 24.2 Å². The third kappa shape index (κ3) is 7.66. The number of hydrogen-bond acceptors (Lipinski definition) is 3. The molecule has 0 N–H and O–H groups in total. The zero-order valence-corrected chi connectivity index (χ0v) is 16.8. The van der Waals surface area contributed by atoms with Crippen LogP contribution in [-0.2, 0) is 6.42 Å². The van der Waals surface area contributed by atoms with Gasteiger partial charge in [-0.2, -0.15) is 0 Å². The molecule has 1 aromatic carbocycles. The highest BCUT2D eigenvalue weighted by atomic mass is 19.1. The van der Waals surface area contributed by atoms with E-state index in [9.17, 15) is 4.39 Å². The second-order valence-electron chi connectivity index (χ2n) is 7.11. The first-order valence-electron chi connectivity index (χ1n) is 10.5. The molecule has 0 aliphatic rings. The minimum absolute atomic E-state index is 0.316. The molecular formula is C23H33FN2O. The number of aryl methyl sites for hydroxylation is 1. The number of unbranched alkanes of at least 4 members (excludes halogenated alkanes) is 7. The van der Waals surface area contributed by atoms with Crippen molar-refractivity contribution in [2.24, 2.45) is 0 Å². The number of nitrogens with zero attached hydrogens (tertiary/aromatic N) is 2. The van der Waals surface area contributed by atoms with Crippen LogP contribution in [0.2, 0.25) is 0 Å². The fourth-order valence-electron chi connectivity index (χ4n) is 3.03. The summed E-state index contributed by atoms with van der Waals surface area (Å²) in [6.45, 7) is 4.96. The van der Waals surface area contributed by atoms with Gasteiger partial charge in [-0.05, 0) is 37.5 Å². The topological polar surface area (TPSA) is 35.0 Å². The van der Waals surface area contributed by atoms with Crippen LogP contribution in [0, 0.1) is 5.82 Å². The highest BCUT2D eigenvalue weighted by Gasteiger charge is 2.08. The Morgan fingerprint density at radius 1 is 0.852 bits per heavy atom. The molecule has 0 atom stereocenters. The van der Waals surface area contributed by atoms with Crippen LogP contribution in [-0.4, -0.2) is 16.6 Å². The Labute approximate surface area is 163 Å². The third-order valence-corrected chi connectivity index (χ3v) is 4.72. The lowest BCUT2D eigenvalue weighted by Crippen LogP contribution is -2.00. The molecule has 0 saturated carbocycles. The van der Waals surface area contributed by atoms with E-state index in [2.05, 4.69) is 23.8 Å². The predicted molar refractivity (Wildman–Crippen MR) is 110 cm³/mol. The molecule has 4 heteroatoms. The smallest absolute Gasteiger partial charge is 0.165 e. The Morgan fingerprint density at radius 3 is 2.30 bits per heavy atom. The molecular weight excluding hydrogens is 339 g/mol. The molecule has 3 nitrogen and oxygen atoms in total. The molecule has 0 aliphatic carbocycles. The first-order chi connectivity index (χ1) is 13.2. The number of ether oxygens (including phenoxy) is 1. The second kappa shape index (κ2) is 12.4. The number of halogens is 1. The molecule has 2 aromatic rings. The molecule has 1 aromatic heterocycles. The summed E-state index contributed by atoms with van der Waals surface area (Å²) < 4.78 is 19.9. The standard InChI is InChI=1S/C23H33FN2O/c1-3-5-7-8-9-11-15-27-23-14-13-19(16-21(23)24)22-18-25-20(17-26-22)12-10-6-4-2/h13-14,16-18H,3-12,15H2,1-2H3. The van der Waals surface area contributed by atoms with Gasteiger partial charge < -0.3 is 4.74 Å². The Bertz CT molecular complexity index is 658. The van der Waals surface area contributed by atoms with Gasteiger partial charge in [-0.1, -0.05) is 58.8 Å². The molecule has 0 fully saturated rings. The average molecular weight is 373 g/mol. The average Bonchev–Trinajstić information content (AvgIpc) is 2.69. The monoisotopic (exact) mass is 372 g/mol. The van der Waals surface area contributed by atoms with E-state index in [1.54, 1.807) is 18.5 Å². The fourth-order valence-corrected chi connectivity index (χ4v) is 3.03. The van der Waals surface area contributed by atoms with Gasteiger partial charge in [0.15, 0.2) is 11.6 Å². The zero-order valence-electron chi connectivity index (χ0n) is 16.8. The predicted octanol–water partition coefficient (Wildman–Crippen LogP) is 6.75. The SMILES string of the molecule is CCCCCCCCOc1ccc(-c2cnc(CCCCC)cn2)cc1F. The van der Waals surface area contributed by atoms with E-state index in [0.29, 0.717) is 18.1 Å². The van der Waals surface area contributed by atoms with E-state index < -0.39 is 0 Å². The van der Waals surface area contributed by atoms with Crippen molar-refractivity contribution in [3.05, 3.63) is 42.1 Å². The Hall–Kier alpha value is -1.97. The van der Waals surface area contributed by atoms with Crippen molar-refractivity contribution in [1.29, 1.82) is 0 Å². The van der Waals surface area contributed by atoms with Crippen LogP contribution in [0.25, 0.3) is 11.3 Å². The zero-order chi connectivity index (χ0) is 19.3. The van der Waals surface area contributed by atoms with E-state index >= 15 is 0 Å². The molecule has 0 radical (unpaired) electrons. The molecule has 0 unspecified atom stereocenters. The molecule has 0 saturated heterocycles. The lowest BCUT2D eigenvalue weighted by atomic mass is 10.1. The minimum Gasteiger partial charge on any atom is -0.491 e. The molecule has 27 heavy (non-hydrogen) atoms. The maximum absolute atomic E-state index is 14.3. The lowest BCUT2D eigenvalue weighted by Gasteiger charge is -2.09. The van der Waals surface area contributed by atoms with Gasteiger partial charge in [-0.15, -0.1) is 0 Å². The molecule has 0 spiro atoms. The quantitative estimate of drug-likeness (QED) is 0.365. The lowest BCUT2D eigenvalue weighted by molar-refractivity contribution is 0.290. The van der Waals surface area contributed by atoms with Crippen molar-refractivity contribution in [2.45, 2.75) is 78.1 Å². The Morgan fingerprint density at radius 2 is 1.59 bits per heavy atom. The van der Waals surface area contributed by atoms with Gasteiger partial charge in [0.1, 0.15) is 0 Å². The van der Waals surface area contributed by atoms with Crippen molar-refractivity contribution >= 4 is 0 Å². The summed E-state index contributed by atoms with van der Waals surface area (Å²) >= 11 is 0. The van der Waals surface area contributed by atoms with Crippen LogP contribution in [0.1, 0.15) is 77.3 Å². The number of hydrogen-bond donors (Lipinski definition) is 0. The van der Waals surface area contributed by atoms with Gasteiger partial charge in [-0.25, -0.2) is 4.39 Å². The molecule has 0 bridgehead atoms. The maximum atomic E-state index is 14.3. The summed E-state index contributed by atoms with van der Waals surface area (Å²) in [6, 6.07) is 5.02. The number of aromatic nitrogens is 2. The van der Waals surface area contributed by atoms with Crippen molar-refractivity contribution in [3.8, 4) is 17.0 Å². The van der Waals surface area contributed by atoms with Crippen molar-refractivity contribution in [3.63, 3.8) is 0 Å². The van der Waals surface area contributed by atoms with Crippen LogP contribution in [0.5, 0.6) is 5.75 Å². The number of rotatable bonds is 13. The largest absolute Gasteiger partial charge is 0.491 e. The van der Waals surface area contributed by atoms with Crippen molar-refractivity contribution in [2.75, 3.05) is 6.61 Å². The highest BCUT2D eigenvalue weighted by Crippen LogP contribution is 2.24. The first-order valence-corrected chi connectivity index (χ1v) is 10.5. The van der Waals surface area contributed by atoms with Crippen LogP contribution < -0.4 is 4.74 Å². The van der Waals surface area contributed by atoms with Crippen LogP contribution in [0.4, 0.5) is 4.39 Å². The minimum atomic E-state index is -0.340. The first kappa shape index (κ1) is 21.3. The third-order valence-electron chi connectivity index (χ3n) is 4.72. The summed E-state index contributed by atoms with van der Waals surface area (Å²) in [7, 11) is 0. The van der Waals surface area contributed by atoms with E-state index in [1.807, 2.05) is 6.07 Å². The van der Waals surface area contributed by atoms with Crippen molar-refractivity contribution < 1.29 is 9.13 Å². The van der Waals surface area contributed by atoms with Crippen LogP contribution in [0.3, 0.4) is 0 Å². The molecule has 1 heterocycles. The second-order valence-corrected chi connectivity index (χ2v) is 7.11. The summed E-state index contributed by atoms with van der Waals surface area (Å²) in [5.41, 5.74) is 2.41. The number of benzene rings is 1. The molecule has 0 amide bonds. The maximum Gasteiger partial charge on any atom is 0.165 e. The van der Waals surface area contributed by atoms with Gasteiger partial charge in [-0.3, -0.25) is 9.97 Å². The summed E-state index contributed by atoms with van der Waals surface area (Å²) in [5.74, 6) is -0.0243. The van der Waals surface area contributed by atoms with E-state index in [-0.39, 0.29) is 5.82 Å². The van der Waals surface area contributed by atoms with Crippen LogP contribution in [0.15, 0.2) is 30.6 Å². The van der Waals surface area contributed by atoms with Gasteiger partial charge in [0.25, 0.3) is 0 Å². The molecule has 148 valence electrons. The summed E-state index contributed by atoms with van der Waals surface area (Å²) in [5, 5.41) is 0. The highest BCUT2D eigenvalue weighted by molar-refractivity contribution is 5.59.